The molecule has 182 valence electrons. The first kappa shape index (κ1) is 23.3. The van der Waals surface area contributed by atoms with E-state index in [0.717, 1.165) is 6.42 Å². The molecule has 36 heavy (non-hydrogen) atoms. The van der Waals surface area contributed by atoms with Crippen LogP contribution in [0.1, 0.15) is 90.8 Å². The molecule has 0 heterocycles. The summed E-state index contributed by atoms with van der Waals surface area (Å²) in [5.74, 6) is 0.713. The summed E-state index contributed by atoms with van der Waals surface area (Å²) in [7, 11) is 0. The van der Waals surface area contributed by atoms with Crippen LogP contribution in [0, 0.1) is 13.8 Å². The van der Waals surface area contributed by atoms with E-state index in [1.54, 1.807) is 11.1 Å². The van der Waals surface area contributed by atoms with E-state index in [-0.39, 0.29) is 5.41 Å². The second kappa shape index (κ2) is 9.07. The minimum absolute atomic E-state index is 0.0573. The molecule has 4 aromatic rings. The fourth-order valence-corrected chi connectivity index (χ4v) is 6.83. The van der Waals surface area contributed by atoms with Gasteiger partial charge >= 0.3 is 0 Å². The lowest BCUT2D eigenvalue weighted by Gasteiger charge is -2.26. The van der Waals surface area contributed by atoms with E-state index in [4.69, 9.17) is 0 Å². The Bertz CT molecular complexity index is 1410. The highest BCUT2D eigenvalue weighted by atomic mass is 14.4. The third-order valence-corrected chi connectivity index (χ3v) is 9.07. The van der Waals surface area contributed by atoms with Crippen molar-refractivity contribution in [1.29, 1.82) is 0 Å². The molecule has 0 unspecified atom stereocenters. The summed E-state index contributed by atoms with van der Waals surface area (Å²) in [4.78, 5) is 0. The van der Waals surface area contributed by atoms with Crippen molar-refractivity contribution in [2.45, 2.75) is 77.6 Å². The summed E-state index contributed by atoms with van der Waals surface area (Å²) in [5, 5.41) is 0. The van der Waals surface area contributed by atoms with Crippen LogP contribution in [0.4, 0.5) is 0 Å². The Morgan fingerprint density at radius 3 is 2.19 bits per heavy atom. The van der Waals surface area contributed by atoms with Crippen molar-refractivity contribution >= 4 is 0 Å². The van der Waals surface area contributed by atoms with Crippen LogP contribution in [0.5, 0.6) is 0 Å². The van der Waals surface area contributed by atoms with Crippen molar-refractivity contribution in [3.05, 3.63) is 118 Å². The lowest BCUT2D eigenvalue weighted by atomic mass is 9.78. The summed E-state index contributed by atoms with van der Waals surface area (Å²) >= 11 is 0. The number of aryl methyl sites for hydroxylation is 2. The zero-order valence-electron chi connectivity index (χ0n) is 22.3. The van der Waals surface area contributed by atoms with Gasteiger partial charge in [0, 0.05) is 5.41 Å². The normalized spacial score (nSPS) is 16.6. The number of fused-ring (bicyclic) bond motifs is 3. The molecular formula is C36H38. The molecule has 4 aromatic carbocycles. The quantitative estimate of drug-likeness (QED) is 0.278. The SMILES string of the molecule is Cc1ccc(-c2ccccc2)cc1Cc1cc2c(cc1C)C(C)(C)c1cccc(C3CCCCC3)c1-2. The van der Waals surface area contributed by atoms with Gasteiger partial charge in [-0.1, -0.05) is 112 Å². The third-order valence-electron chi connectivity index (χ3n) is 9.07. The van der Waals surface area contributed by atoms with Crippen molar-refractivity contribution < 1.29 is 0 Å². The van der Waals surface area contributed by atoms with Crippen molar-refractivity contribution in [1.82, 2.24) is 0 Å². The van der Waals surface area contributed by atoms with E-state index < -0.39 is 0 Å². The monoisotopic (exact) mass is 470 g/mol. The zero-order valence-corrected chi connectivity index (χ0v) is 22.3. The molecule has 0 aliphatic heterocycles. The first-order valence-electron chi connectivity index (χ1n) is 13.9. The number of hydrogen-bond acceptors (Lipinski definition) is 0. The standard InChI is InChI=1S/C36H38/c1-24-18-19-28(26-12-7-5-8-13-26)21-29(24)22-30-23-32-34(20-25(30)2)36(3,4)33-17-11-16-31(35(32)33)27-14-9-6-10-15-27/h5,7-8,11-13,16-21,23,27H,6,9-10,14-15,22H2,1-4H3. The van der Waals surface area contributed by atoms with Crippen molar-refractivity contribution in [2.24, 2.45) is 0 Å². The maximum Gasteiger partial charge on any atom is 0.0159 e. The van der Waals surface area contributed by atoms with Crippen LogP contribution in [-0.2, 0) is 11.8 Å². The lowest BCUT2D eigenvalue weighted by Crippen LogP contribution is -2.15. The first-order chi connectivity index (χ1) is 17.4. The second-order valence-corrected chi connectivity index (χ2v) is 11.7. The average molecular weight is 471 g/mol. The number of hydrogen-bond donors (Lipinski definition) is 0. The van der Waals surface area contributed by atoms with E-state index >= 15 is 0 Å². The number of rotatable bonds is 4. The zero-order chi connectivity index (χ0) is 24.9. The topological polar surface area (TPSA) is 0 Å². The second-order valence-electron chi connectivity index (χ2n) is 11.7. The van der Waals surface area contributed by atoms with Gasteiger partial charge in [-0.05, 0) is 100 Å². The van der Waals surface area contributed by atoms with Crippen LogP contribution in [0.15, 0.2) is 78.9 Å². The van der Waals surface area contributed by atoms with Crippen molar-refractivity contribution in [2.75, 3.05) is 0 Å². The fourth-order valence-electron chi connectivity index (χ4n) is 6.83. The van der Waals surface area contributed by atoms with Crippen molar-refractivity contribution in [3.8, 4) is 22.3 Å². The highest BCUT2D eigenvalue weighted by Crippen LogP contribution is 2.53. The molecule has 6 rings (SSSR count). The van der Waals surface area contributed by atoms with Crippen LogP contribution in [0.25, 0.3) is 22.3 Å². The molecule has 2 aliphatic carbocycles. The van der Waals surface area contributed by atoms with Gasteiger partial charge in [0.1, 0.15) is 0 Å². The molecule has 1 saturated carbocycles. The van der Waals surface area contributed by atoms with Gasteiger partial charge in [-0.2, -0.15) is 0 Å². The van der Waals surface area contributed by atoms with Crippen LogP contribution in [0.3, 0.4) is 0 Å². The minimum atomic E-state index is 0.0573. The molecule has 0 heteroatoms. The van der Waals surface area contributed by atoms with Crippen LogP contribution >= 0.6 is 0 Å². The van der Waals surface area contributed by atoms with Gasteiger partial charge in [0.2, 0.25) is 0 Å². The summed E-state index contributed by atoms with van der Waals surface area (Å²) in [6, 6.07) is 29.9. The highest BCUT2D eigenvalue weighted by molar-refractivity contribution is 5.84. The Kier molecular flexibility index (Phi) is 5.87. The van der Waals surface area contributed by atoms with Crippen molar-refractivity contribution in [3.63, 3.8) is 0 Å². The molecular weight excluding hydrogens is 432 g/mol. The summed E-state index contributed by atoms with van der Waals surface area (Å²) < 4.78 is 0. The van der Waals surface area contributed by atoms with E-state index in [0.29, 0.717) is 5.92 Å². The van der Waals surface area contributed by atoms with Gasteiger partial charge in [0.15, 0.2) is 0 Å². The van der Waals surface area contributed by atoms with Crippen LogP contribution < -0.4 is 0 Å². The Morgan fingerprint density at radius 2 is 1.42 bits per heavy atom. The molecule has 2 aliphatic rings. The van der Waals surface area contributed by atoms with Gasteiger partial charge < -0.3 is 0 Å². The van der Waals surface area contributed by atoms with E-state index in [2.05, 4.69) is 107 Å². The fraction of sp³-hybridized carbons (Fsp3) is 0.333. The Hall–Kier alpha value is -3.12. The highest BCUT2D eigenvalue weighted by Gasteiger charge is 2.38. The first-order valence-corrected chi connectivity index (χ1v) is 13.9. The minimum Gasteiger partial charge on any atom is -0.0622 e. The third kappa shape index (κ3) is 3.92. The van der Waals surface area contributed by atoms with Gasteiger partial charge in [-0.15, -0.1) is 0 Å². The van der Waals surface area contributed by atoms with Gasteiger partial charge in [0.25, 0.3) is 0 Å². The molecule has 0 aromatic heterocycles. The molecule has 1 fully saturated rings. The molecule has 0 bridgehead atoms. The summed E-state index contributed by atoms with van der Waals surface area (Å²) in [5.41, 5.74) is 16.0. The van der Waals surface area contributed by atoms with Crippen LogP contribution in [0.2, 0.25) is 0 Å². The van der Waals surface area contributed by atoms with Crippen LogP contribution in [-0.4, -0.2) is 0 Å². The summed E-state index contributed by atoms with van der Waals surface area (Å²) in [6.07, 6.45) is 7.82. The van der Waals surface area contributed by atoms with Gasteiger partial charge in [0.05, 0.1) is 0 Å². The molecule has 0 atom stereocenters. The lowest BCUT2D eigenvalue weighted by molar-refractivity contribution is 0.444. The maximum absolute atomic E-state index is 2.55. The molecule has 0 saturated heterocycles. The maximum atomic E-state index is 2.55. The van der Waals surface area contributed by atoms with E-state index in [1.807, 2.05) is 0 Å². The Balaban J connectivity index is 1.44. The Labute approximate surface area is 217 Å². The predicted octanol–water partition coefficient (Wildman–Crippen LogP) is 9.92. The largest absolute Gasteiger partial charge is 0.0622 e. The molecule has 0 radical (unpaired) electrons. The molecule has 0 spiro atoms. The molecule has 0 nitrogen and oxygen atoms in total. The molecule has 0 amide bonds. The molecule has 0 N–H and O–H groups in total. The number of benzene rings is 4. The van der Waals surface area contributed by atoms with E-state index in [9.17, 15) is 0 Å². The summed E-state index contributed by atoms with van der Waals surface area (Å²) in [6.45, 7) is 9.42. The van der Waals surface area contributed by atoms with E-state index in [1.165, 1.54) is 82.2 Å². The smallest absolute Gasteiger partial charge is 0.0159 e. The van der Waals surface area contributed by atoms with Gasteiger partial charge in [-0.3, -0.25) is 0 Å². The average Bonchev–Trinajstić information content (AvgIpc) is 3.12. The van der Waals surface area contributed by atoms with Gasteiger partial charge in [-0.25, -0.2) is 0 Å². The Morgan fingerprint density at radius 1 is 0.667 bits per heavy atom. The predicted molar refractivity (Wildman–Crippen MR) is 154 cm³/mol.